The molecule has 0 unspecified atom stereocenters. The second kappa shape index (κ2) is 4.87. The number of rotatable bonds is 3. The highest BCUT2D eigenvalue weighted by atomic mass is 16.2. The lowest BCUT2D eigenvalue weighted by Crippen LogP contribution is -2.29. The number of carbonyl (C=O) groups is 1. The summed E-state index contributed by atoms with van der Waals surface area (Å²) < 4.78 is 0. The highest BCUT2D eigenvalue weighted by Gasteiger charge is 1.85. The predicted octanol–water partition coefficient (Wildman–Crippen LogP) is -0.567. The smallest absolute Gasteiger partial charge is 0.312 e. The van der Waals surface area contributed by atoms with Gasteiger partial charge in [-0.25, -0.2) is 9.59 Å². The van der Waals surface area contributed by atoms with Crippen LogP contribution in [0.1, 0.15) is 6.42 Å². The van der Waals surface area contributed by atoms with Crippen molar-refractivity contribution in [2.24, 2.45) is 5.73 Å². The van der Waals surface area contributed by atoms with Gasteiger partial charge in [0.15, 0.2) is 0 Å². The molecule has 0 saturated carbocycles. The first-order valence-electron chi connectivity index (χ1n) is 2.50. The fourth-order valence-corrected chi connectivity index (χ4v) is 0.326. The number of nitrogens with two attached hydrogens (primary N) is 1. The van der Waals surface area contributed by atoms with Crippen LogP contribution in [0.25, 0.3) is 0 Å². The van der Waals surface area contributed by atoms with Crippen LogP contribution < -0.4 is 11.1 Å². The number of hydrogen-bond donors (Lipinski definition) is 2. The quantitative estimate of drug-likeness (QED) is 0.394. The van der Waals surface area contributed by atoms with Crippen LogP contribution in [0.3, 0.4) is 0 Å². The molecule has 9 heavy (non-hydrogen) atoms. The number of amides is 2. The Morgan fingerprint density at radius 1 is 1.78 bits per heavy atom. The molecule has 2 amide bonds. The monoisotopic (exact) mass is 128 g/mol. The molecule has 0 aromatic heterocycles. The van der Waals surface area contributed by atoms with Crippen molar-refractivity contribution in [1.82, 2.24) is 5.32 Å². The largest absolute Gasteiger partial charge is 0.352 e. The maximum atomic E-state index is 9.96. The van der Waals surface area contributed by atoms with Crippen LogP contribution in [-0.4, -0.2) is 18.5 Å². The molecule has 0 radical (unpaired) electrons. The van der Waals surface area contributed by atoms with Gasteiger partial charge in [0.2, 0.25) is 0 Å². The fraction of sp³-hybridized carbons (Fsp3) is 0.400. The lowest BCUT2D eigenvalue weighted by atomic mass is 10.4. The lowest BCUT2D eigenvalue weighted by Gasteiger charge is -1.93. The molecule has 3 N–H and O–H groups in total. The molecule has 0 bridgehead atoms. The van der Waals surface area contributed by atoms with Crippen molar-refractivity contribution in [3.05, 3.63) is 6.08 Å². The molecule has 0 saturated heterocycles. The molecule has 4 heteroatoms. The van der Waals surface area contributed by atoms with Crippen molar-refractivity contribution >= 4 is 12.0 Å². The summed E-state index contributed by atoms with van der Waals surface area (Å²) in [6, 6.07) is -0.575. The molecule has 50 valence electrons. The highest BCUT2D eigenvalue weighted by molar-refractivity contribution is 5.71. The molecule has 0 atom stereocenters. The molecule has 4 nitrogen and oxygen atoms in total. The van der Waals surface area contributed by atoms with Crippen molar-refractivity contribution in [2.75, 3.05) is 6.54 Å². The van der Waals surface area contributed by atoms with Gasteiger partial charge >= 0.3 is 6.03 Å². The number of primary amides is 1. The maximum Gasteiger partial charge on any atom is 0.312 e. The Hall–Kier alpha value is -1.28. The minimum atomic E-state index is -0.575. The minimum absolute atomic E-state index is 0.393. The third-order valence-electron chi connectivity index (χ3n) is 0.671. The average molecular weight is 128 g/mol. The van der Waals surface area contributed by atoms with E-state index in [1.54, 1.807) is 5.94 Å². The summed E-state index contributed by atoms with van der Waals surface area (Å²) in [5.41, 5.74) is 4.71. The molecule has 0 fully saturated rings. The summed E-state index contributed by atoms with van der Waals surface area (Å²) in [5, 5.41) is 2.31. The van der Waals surface area contributed by atoms with Crippen molar-refractivity contribution in [3.8, 4) is 0 Å². The van der Waals surface area contributed by atoms with E-state index in [4.69, 9.17) is 5.73 Å². The Bertz CT molecular complexity index is 136. The van der Waals surface area contributed by atoms with Crippen LogP contribution >= 0.6 is 0 Å². The van der Waals surface area contributed by atoms with Gasteiger partial charge in [0, 0.05) is 12.6 Å². The van der Waals surface area contributed by atoms with Crippen LogP contribution in [-0.2, 0) is 4.79 Å². The molecule has 0 rings (SSSR count). The van der Waals surface area contributed by atoms with Crippen molar-refractivity contribution < 1.29 is 9.59 Å². The summed E-state index contributed by atoms with van der Waals surface area (Å²) in [6.07, 6.45) is 1.77. The average Bonchev–Trinajstić information content (AvgIpc) is 1.80. The van der Waals surface area contributed by atoms with Gasteiger partial charge in [-0.2, -0.15) is 0 Å². The Balaban J connectivity index is 3.10. The molecular weight excluding hydrogens is 120 g/mol. The number of nitrogens with one attached hydrogen (secondary N) is 1. The molecule has 0 aromatic rings. The molecule has 0 heterocycles. The number of urea groups is 1. The maximum absolute atomic E-state index is 9.96. The van der Waals surface area contributed by atoms with E-state index in [9.17, 15) is 9.59 Å². The van der Waals surface area contributed by atoms with Crippen molar-refractivity contribution in [1.29, 1.82) is 0 Å². The summed E-state index contributed by atoms with van der Waals surface area (Å²) in [6.45, 7) is 0.393. The van der Waals surface area contributed by atoms with E-state index in [1.807, 2.05) is 0 Å². The summed E-state index contributed by atoms with van der Waals surface area (Å²) in [5.74, 6) is 1.57. The third kappa shape index (κ3) is 6.72. The minimum Gasteiger partial charge on any atom is -0.352 e. The zero-order valence-electron chi connectivity index (χ0n) is 4.89. The zero-order chi connectivity index (χ0) is 7.11. The van der Waals surface area contributed by atoms with Crippen LogP contribution in [0, 0.1) is 0 Å². The molecule has 0 spiro atoms. The topological polar surface area (TPSA) is 72.2 Å². The van der Waals surface area contributed by atoms with Gasteiger partial charge in [-0.15, -0.1) is 0 Å². The Kier molecular flexibility index (Phi) is 4.18. The first kappa shape index (κ1) is 7.72. The van der Waals surface area contributed by atoms with E-state index in [2.05, 4.69) is 5.32 Å². The third-order valence-corrected chi connectivity index (χ3v) is 0.671. The van der Waals surface area contributed by atoms with Gasteiger partial charge < -0.3 is 11.1 Å². The SMILES string of the molecule is NC(=O)NCCC=C=O. The van der Waals surface area contributed by atoms with Gasteiger partial charge in [0.1, 0.15) is 5.94 Å². The highest BCUT2D eigenvalue weighted by Crippen LogP contribution is 1.71. The van der Waals surface area contributed by atoms with Crippen LogP contribution in [0.2, 0.25) is 0 Å². The van der Waals surface area contributed by atoms with E-state index in [1.165, 1.54) is 6.08 Å². The Morgan fingerprint density at radius 3 is 2.89 bits per heavy atom. The second-order valence-electron chi connectivity index (χ2n) is 1.40. The van der Waals surface area contributed by atoms with E-state index in [0.29, 0.717) is 13.0 Å². The van der Waals surface area contributed by atoms with Gasteiger partial charge in [-0.05, 0) is 6.42 Å². The van der Waals surface area contributed by atoms with Gasteiger partial charge in [0.05, 0.1) is 0 Å². The number of hydrogen-bond acceptors (Lipinski definition) is 2. The Morgan fingerprint density at radius 2 is 2.44 bits per heavy atom. The molecular formula is C5H8N2O2. The molecule has 0 aliphatic heterocycles. The lowest BCUT2D eigenvalue weighted by molar-refractivity contribution is 0.249. The molecule has 0 aliphatic carbocycles. The first-order valence-corrected chi connectivity index (χ1v) is 2.50. The van der Waals surface area contributed by atoms with E-state index in [0.717, 1.165) is 0 Å². The van der Waals surface area contributed by atoms with Crippen LogP contribution in [0.4, 0.5) is 4.79 Å². The van der Waals surface area contributed by atoms with Gasteiger partial charge in [0.25, 0.3) is 0 Å². The van der Waals surface area contributed by atoms with Crippen molar-refractivity contribution in [3.63, 3.8) is 0 Å². The fourth-order valence-electron chi connectivity index (χ4n) is 0.326. The standard InChI is InChI=1S/C5H8N2O2/c6-5(9)7-3-1-2-4-8/h2H,1,3H2,(H3,6,7,9). The summed E-state index contributed by atoms with van der Waals surface area (Å²) in [4.78, 5) is 19.5. The zero-order valence-corrected chi connectivity index (χ0v) is 4.89. The first-order chi connectivity index (χ1) is 4.27. The molecule has 0 aliphatic rings. The Labute approximate surface area is 52.7 Å². The van der Waals surface area contributed by atoms with E-state index in [-0.39, 0.29) is 0 Å². The summed E-state index contributed by atoms with van der Waals surface area (Å²) in [7, 11) is 0. The van der Waals surface area contributed by atoms with E-state index >= 15 is 0 Å². The van der Waals surface area contributed by atoms with Gasteiger partial charge in [-0.1, -0.05) is 0 Å². The second-order valence-corrected chi connectivity index (χ2v) is 1.40. The van der Waals surface area contributed by atoms with Crippen molar-refractivity contribution in [2.45, 2.75) is 6.42 Å². The number of carbonyl (C=O) groups excluding carboxylic acids is 2. The van der Waals surface area contributed by atoms with E-state index < -0.39 is 6.03 Å². The summed E-state index contributed by atoms with van der Waals surface area (Å²) >= 11 is 0. The van der Waals surface area contributed by atoms with Crippen LogP contribution in [0.15, 0.2) is 6.08 Å². The molecule has 0 aromatic carbocycles. The van der Waals surface area contributed by atoms with Crippen LogP contribution in [0.5, 0.6) is 0 Å². The van der Waals surface area contributed by atoms with Gasteiger partial charge in [-0.3, -0.25) is 0 Å². The normalized spacial score (nSPS) is 7.56. The predicted molar refractivity (Wildman–Crippen MR) is 32.5 cm³/mol.